The second kappa shape index (κ2) is 6.45. The van der Waals surface area contributed by atoms with Crippen LogP contribution in [0.15, 0.2) is 57.9 Å². The van der Waals surface area contributed by atoms with E-state index < -0.39 is 15.8 Å². The summed E-state index contributed by atoms with van der Waals surface area (Å²) in [6.45, 7) is 0.0824. The predicted octanol–water partition coefficient (Wildman–Crippen LogP) is 3.00. The summed E-state index contributed by atoms with van der Waals surface area (Å²) in [5.41, 5.74) is 0.817. The van der Waals surface area contributed by atoms with Crippen LogP contribution in [-0.2, 0) is 21.5 Å². The molecule has 1 N–H and O–H groups in total. The Morgan fingerprint density at radius 1 is 1.15 bits per heavy atom. The van der Waals surface area contributed by atoms with Crippen molar-refractivity contribution in [3.8, 4) is 0 Å². The van der Waals surface area contributed by atoms with E-state index in [0.29, 0.717) is 0 Å². The second-order valence-electron chi connectivity index (χ2n) is 3.94. The molecule has 0 aliphatic carbocycles. The average molecular weight is 360 g/mol. The van der Waals surface area contributed by atoms with Gasteiger partial charge < -0.3 is 0 Å². The van der Waals surface area contributed by atoms with E-state index in [1.54, 1.807) is 12.1 Å². The summed E-state index contributed by atoms with van der Waals surface area (Å²) >= 11 is 2.96. The third-order valence-electron chi connectivity index (χ3n) is 2.45. The lowest BCUT2D eigenvalue weighted by molar-refractivity contribution is 0.0795. The summed E-state index contributed by atoms with van der Waals surface area (Å²) in [7, 11) is -3.90. The van der Waals surface area contributed by atoms with Gasteiger partial charge in [0.2, 0.25) is 0 Å². The highest BCUT2D eigenvalue weighted by atomic mass is 79.9. The number of hydrogen-bond donors (Lipinski definition) is 1. The highest BCUT2D eigenvalue weighted by Crippen LogP contribution is 2.19. The maximum Gasteiger partial charge on any atom is 0.262 e. The van der Waals surface area contributed by atoms with Crippen LogP contribution in [-0.4, -0.2) is 8.42 Å². The third-order valence-corrected chi connectivity index (χ3v) is 4.31. The molecule has 0 atom stereocenters. The minimum absolute atomic E-state index is 0.0824. The van der Waals surface area contributed by atoms with Gasteiger partial charge in [0.1, 0.15) is 5.82 Å². The van der Waals surface area contributed by atoms with Crippen molar-refractivity contribution in [3.05, 3.63) is 64.4 Å². The highest BCUT2D eigenvalue weighted by Gasteiger charge is 2.16. The van der Waals surface area contributed by atoms with E-state index in [0.717, 1.165) is 11.6 Å². The van der Waals surface area contributed by atoms with Crippen LogP contribution in [0.4, 0.5) is 4.39 Å². The third kappa shape index (κ3) is 3.86. The number of hydrogen-bond acceptors (Lipinski definition) is 3. The molecule has 0 bridgehead atoms. The number of benzene rings is 2. The first kappa shape index (κ1) is 15.1. The van der Waals surface area contributed by atoms with Gasteiger partial charge in [-0.25, -0.2) is 12.8 Å². The first-order valence-electron chi connectivity index (χ1n) is 5.61. The van der Waals surface area contributed by atoms with Crippen molar-refractivity contribution in [3.63, 3.8) is 0 Å². The Morgan fingerprint density at radius 2 is 1.85 bits per heavy atom. The van der Waals surface area contributed by atoms with Crippen molar-refractivity contribution in [2.24, 2.45) is 0 Å². The number of sulfonamides is 1. The molecular weight excluding hydrogens is 349 g/mol. The lowest BCUT2D eigenvalue weighted by atomic mass is 10.2. The molecule has 2 aromatic rings. The Morgan fingerprint density at radius 3 is 2.50 bits per heavy atom. The Labute approximate surface area is 124 Å². The van der Waals surface area contributed by atoms with Gasteiger partial charge in [0, 0.05) is 0 Å². The molecule has 0 aromatic heterocycles. The largest absolute Gasteiger partial charge is 0.282 e. The van der Waals surface area contributed by atoms with Gasteiger partial charge in [-0.1, -0.05) is 35.2 Å². The molecule has 20 heavy (non-hydrogen) atoms. The summed E-state index contributed by atoms with van der Waals surface area (Å²) in [4.78, 5) is 6.70. The molecule has 0 aliphatic rings. The molecule has 7 heteroatoms. The van der Waals surface area contributed by atoms with E-state index in [9.17, 15) is 12.8 Å². The van der Waals surface area contributed by atoms with Gasteiger partial charge in [-0.3, -0.25) is 4.84 Å². The van der Waals surface area contributed by atoms with Gasteiger partial charge in [-0.15, -0.1) is 0 Å². The van der Waals surface area contributed by atoms with E-state index in [-0.39, 0.29) is 16.0 Å². The summed E-state index contributed by atoms with van der Waals surface area (Å²) < 4.78 is 37.2. The molecule has 0 saturated carbocycles. The predicted molar refractivity (Wildman–Crippen MR) is 75.7 cm³/mol. The molecule has 0 radical (unpaired) electrons. The topological polar surface area (TPSA) is 55.4 Å². The van der Waals surface area contributed by atoms with E-state index in [1.165, 1.54) is 12.1 Å². The molecule has 0 heterocycles. The molecule has 0 fully saturated rings. The van der Waals surface area contributed by atoms with E-state index >= 15 is 0 Å². The van der Waals surface area contributed by atoms with Crippen molar-refractivity contribution in [1.29, 1.82) is 0 Å². The quantitative estimate of drug-likeness (QED) is 0.834. The van der Waals surface area contributed by atoms with Crippen LogP contribution in [0.1, 0.15) is 5.56 Å². The van der Waals surface area contributed by atoms with Crippen molar-refractivity contribution < 1.29 is 17.6 Å². The fraction of sp³-hybridized carbons (Fsp3) is 0.0769. The Hall–Kier alpha value is -1.28. The van der Waals surface area contributed by atoms with Gasteiger partial charge in [-0.2, -0.15) is 0 Å². The van der Waals surface area contributed by atoms with Gasteiger partial charge in [-0.05, 0) is 39.7 Å². The average Bonchev–Trinajstić information content (AvgIpc) is 2.43. The lowest BCUT2D eigenvalue weighted by Gasteiger charge is -2.07. The molecule has 2 aromatic carbocycles. The minimum Gasteiger partial charge on any atom is -0.282 e. The highest BCUT2D eigenvalue weighted by molar-refractivity contribution is 9.10. The first-order chi connectivity index (χ1) is 9.49. The first-order valence-corrected chi connectivity index (χ1v) is 7.89. The van der Waals surface area contributed by atoms with Crippen LogP contribution in [0.3, 0.4) is 0 Å². The molecule has 4 nitrogen and oxygen atoms in total. The van der Waals surface area contributed by atoms with Gasteiger partial charge >= 0.3 is 0 Å². The minimum atomic E-state index is -3.90. The van der Waals surface area contributed by atoms with Crippen molar-refractivity contribution in [1.82, 2.24) is 4.89 Å². The smallest absolute Gasteiger partial charge is 0.262 e. The fourth-order valence-electron chi connectivity index (χ4n) is 1.46. The molecule has 106 valence electrons. The maximum atomic E-state index is 13.3. The Kier molecular flexibility index (Phi) is 4.87. The van der Waals surface area contributed by atoms with Crippen molar-refractivity contribution >= 4 is 26.0 Å². The van der Waals surface area contributed by atoms with Crippen LogP contribution in [0, 0.1) is 5.82 Å². The Balaban J connectivity index is 2.02. The lowest BCUT2D eigenvalue weighted by Crippen LogP contribution is -2.24. The van der Waals surface area contributed by atoms with Crippen LogP contribution >= 0.6 is 15.9 Å². The zero-order valence-electron chi connectivity index (χ0n) is 10.2. The van der Waals surface area contributed by atoms with Crippen LogP contribution in [0.2, 0.25) is 0 Å². The summed E-state index contributed by atoms with van der Waals surface area (Å²) in [6.07, 6.45) is 0. The normalized spacial score (nSPS) is 11.5. The molecule has 0 amide bonds. The molecule has 2 rings (SSSR count). The van der Waals surface area contributed by atoms with Crippen LogP contribution < -0.4 is 4.89 Å². The monoisotopic (exact) mass is 359 g/mol. The molecule has 0 aliphatic heterocycles. The van der Waals surface area contributed by atoms with E-state index in [1.807, 2.05) is 23.1 Å². The number of rotatable bonds is 5. The molecule has 0 saturated heterocycles. The molecule has 0 spiro atoms. The summed E-state index contributed by atoms with van der Waals surface area (Å²) in [5.74, 6) is -0.657. The van der Waals surface area contributed by atoms with Gasteiger partial charge in [0.05, 0.1) is 16.0 Å². The fourth-order valence-corrected chi connectivity index (χ4v) is 2.52. The summed E-state index contributed by atoms with van der Waals surface area (Å²) in [5, 5.41) is 0. The maximum absolute atomic E-state index is 13.3. The van der Waals surface area contributed by atoms with Crippen molar-refractivity contribution in [2.45, 2.75) is 11.5 Å². The second-order valence-corrected chi connectivity index (χ2v) is 6.44. The van der Waals surface area contributed by atoms with Crippen LogP contribution in [0.5, 0.6) is 0 Å². The zero-order chi connectivity index (χ0) is 14.6. The van der Waals surface area contributed by atoms with Gasteiger partial charge in [0.25, 0.3) is 10.0 Å². The summed E-state index contributed by atoms with van der Waals surface area (Å²) in [6, 6.07) is 12.6. The van der Waals surface area contributed by atoms with Crippen molar-refractivity contribution in [2.75, 3.05) is 0 Å². The Bertz CT molecular complexity index is 692. The standard InChI is InChI=1S/C13H11BrFNO3S/c14-12-7-6-11(8-13(12)15)20(17,18)16-19-9-10-4-2-1-3-5-10/h1-8,16H,9H2. The van der Waals surface area contributed by atoms with Gasteiger partial charge in [0.15, 0.2) is 0 Å². The molecule has 0 unspecified atom stereocenters. The van der Waals surface area contributed by atoms with E-state index in [2.05, 4.69) is 15.9 Å². The zero-order valence-corrected chi connectivity index (χ0v) is 12.6. The van der Waals surface area contributed by atoms with E-state index in [4.69, 9.17) is 4.84 Å². The SMILES string of the molecule is O=S(=O)(NOCc1ccccc1)c1ccc(Br)c(F)c1. The van der Waals surface area contributed by atoms with Crippen LogP contribution in [0.25, 0.3) is 0 Å². The molecular formula is C13H11BrFNO3S. The number of halogens is 2. The number of nitrogens with one attached hydrogen (secondary N) is 1.